The van der Waals surface area contributed by atoms with E-state index in [0.29, 0.717) is 18.9 Å². The Morgan fingerprint density at radius 2 is 1.53 bits per heavy atom. The molecule has 0 aliphatic carbocycles. The van der Waals surface area contributed by atoms with Crippen LogP contribution < -0.4 is 16.4 Å². The summed E-state index contributed by atoms with van der Waals surface area (Å²) in [6.45, 7) is 5.54. The second-order valence-corrected chi connectivity index (χ2v) is 8.88. The molecule has 2 aromatic carbocycles. The Balaban J connectivity index is 1.22. The van der Waals surface area contributed by atoms with Crippen molar-refractivity contribution in [3.8, 4) is 0 Å². The molecule has 0 amide bonds. The van der Waals surface area contributed by atoms with Crippen LogP contribution in [0.1, 0.15) is 33.6 Å². The van der Waals surface area contributed by atoms with Gasteiger partial charge in [-0.25, -0.2) is 19.9 Å². The number of aryl methyl sites for hydroxylation is 3. The van der Waals surface area contributed by atoms with Crippen LogP contribution in [0.15, 0.2) is 61.3 Å². The third-order valence-corrected chi connectivity index (χ3v) is 6.49. The number of hydrogen-bond donors (Lipinski definition) is 3. The highest BCUT2D eigenvalue weighted by atomic mass is 15.3. The van der Waals surface area contributed by atoms with Crippen LogP contribution in [0.4, 0.5) is 17.5 Å². The number of anilines is 3. The highest BCUT2D eigenvalue weighted by Crippen LogP contribution is 2.28. The predicted molar refractivity (Wildman–Crippen MR) is 143 cm³/mol. The molecule has 0 aliphatic heterocycles. The number of nitrogens with two attached hydrogens (primary N) is 1. The van der Waals surface area contributed by atoms with Gasteiger partial charge in [0.1, 0.15) is 35.9 Å². The lowest BCUT2D eigenvalue weighted by Gasteiger charge is -2.15. The summed E-state index contributed by atoms with van der Waals surface area (Å²) in [6, 6.07) is 14.5. The maximum atomic E-state index is 6.08. The van der Waals surface area contributed by atoms with Crippen LogP contribution in [-0.2, 0) is 26.6 Å². The van der Waals surface area contributed by atoms with Gasteiger partial charge in [-0.3, -0.25) is 4.68 Å². The minimum absolute atomic E-state index is 0.560. The van der Waals surface area contributed by atoms with Gasteiger partial charge in [0.25, 0.3) is 0 Å². The normalized spacial score (nSPS) is 11.1. The van der Waals surface area contributed by atoms with E-state index in [1.807, 2.05) is 19.2 Å². The van der Waals surface area contributed by atoms with Crippen LogP contribution in [0.2, 0.25) is 0 Å². The van der Waals surface area contributed by atoms with E-state index in [2.05, 4.69) is 79.8 Å². The standard InChI is InChI=1S/C27H29N9/c1-17-10-22-21(8-9-29-27(22)28)18(2)23(17)14-31-25-12-24(32-15-33-25)30-13-20-6-4-19(5-7-20)11-26-34-16-35-36(26)3/h4-10,12,15-16H,11,13-14H2,1-3H3,(H2,28,29)(H2,30,31,32,33). The first-order valence-corrected chi connectivity index (χ1v) is 11.8. The second kappa shape index (κ2) is 9.99. The van der Waals surface area contributed by atoms with Crippen molar-refractivity contribution >= 4 is 28.2 Å². The molecule has 0 fully saturated rings. The van der Waals surface area contributed by atoms with E-state index in [0.717, 1.165) is 34.7 Å². The molecule has 5 rings (SSSR count). The molecule has 9 heteroatoms. The monoisotopic (exact) mass is 479 g/mol. The Kier molecular flexibility index (Phi) is 6.44. The van der Waals surface area contributed by atoms with Gasteiger partial charge in [0.15, 0.2) is 0 Å². The lowest BCUT2D eigenvalue weighted by atomic mass is 9.96. The molecule has 0 atom stereocenters. The van der Waals surface area contributed by atoms with E-state index in [1.165, 1.54) is 27.8 Å². The maximum absolute atomic E-state index is 6.08. The van der Waals surface area contributed by atoms with Crippen LogP contribution in [0, 0.1) is 13.8 Å². The van der Waals surface area contributed by atoms with Crippen LogP contribution in [-0.4, -0.2) is 29.7 Å². The van der Waals surface area contributed by atoms with Gasteiger partial charge in [0.2, 0.25) is 0 Å². The number of aromatic nitrogens is 6. The first kappa shape index (κ1) is 23.2. The van der Waals surface area contributed by atoms with Crippen LogP contribution in [0.3, 0.4) is 0 Å². The van der Waals surface area contributed by atoms with E-state index < -0.39 is 0 Å². The van der Waals surface area contributed by atoms with Crippen LogP contribution >= 0.6 is 0 Å². The molecule has 0 aliphatic rings. The molecule has 3 aromatic heterocycles. The quantitative estimate of drug-likeness (QED) is 0.303. The van der Waals surface area contributed by atoms with E-state index in [9.17, 15) is 0 Å². The zero-order valence-electron chi connectivity index (χ0n) is 20.7. The Bertz CT molecular complexity index is 1510. The van der Waals surface area contributed by atoms with Crippen LogP contribution in [0.5, 0.6) is 0 Å². The molecule has 4 N–H and O–H groups in total. The number of hydrogen-bond acceptors (Lipinski definition) is 8. The van der Waals surface area contributed by atoms with Crippen molar-refractivity contribution < 1.29 is 0 Å². The third kappa shape index (κ3) is 4.95. The van der Waals surface area contributed by atoms with Gasteiger partial charge in [-0.15, -0.1) is 0 Å². The number of nitrogens with one attached hydrogen (secondary N) is 2. The number of pyridine rings is 1. The van der Waals surface area contributed by atoms with Crippen LogP contribution in [0.25, 0.3) is 10.8 Å². The lowest BCUT2D eigenvalue weighted by molar-refractivity contribution is 0.716. The minimum Gasteiger partial charge on any atom is -0.383 e. The average Bonchev–Trinajstić information content (AvgIpc) is 3.28. The van der Waals surface area contributed by atoms with Gasteiger partial charge in [-0.1, -0.05) is 24.3 Å². The topological polar surface area (TPSA) is 119 Å². The van der Waals surface area contributed by atoms with Crippen molar-refractivity contribution in [1.82, 2.24) is 29.7 Å². The van der Waals surface area contributed by atoms with Crippen molar-refractivity contribution in [2.75, 3.05) is 16.4 Å². The first-order valence-electron chi connectivity index (χ1n) is 11.8. The molecule has 9 nitrogen and oxygen atoms in total. The first-order chi connectivity index (χ1) is 17.5. The summed E-state index contributed by atoms with van der Waals surface area (Å²) in [7, 11) is 1.91. The molecule has 0 radical (unpaired) electrons. The Labute approximate surface area is 209 Å². The molecule has 0 saturated heterocycles. The lowest BCUT2D eigenvalue weighted by Crippen LogP contribution is -2.08. The molecular formula is C27H29N9. The summed E-state index contributed by atoms with van der Waals surface area (Å²) in [4.78, 5) is 17.3. The van der Waals surface area contributed by atoms with E-state index in [1.54, 1.807) is 23.5 Å². The predicted octanol–water partition coefficient (Wildman–Crippen LogP) is 4.17. The smallest absolute Gasteiger partial charge is 0.138 e. The zero-order valence-corrected chi connectivity index (χ0v) is 20.7. The molecule has 0 saturated carbocycles. The summed E-state index contributed by atoms with van der Waals surface area (Å²) in [5, 5.41) is 13.1. The van der Waals surface area contributed by atoms with Crippen molar-refractivity contribution in [2.45, 2.75) is 33.4 Å². The molecular weight excluding hydrogens is 450 g/mol. The van der Waals surface area contributed by atoms with E-state index >= 15 is 0 Å². The van der Waals surface area contributed by atoms with E-state index in [4.69, 9.17) is 5.73 Å². The summed E-state index contributed by atoms with van der Waals surface area (Å²) in [6.07, 6.45) is 5.66. The number of nitrogen functional groups attached to an aromatic ring is 1. The second-order valence-electron chi connectivity index (χ2n) is 8.88. The van der Waals surface area contributed by atoms with Gasteiger partial charge in [-0.2, -0.15) is 5.10 Å². The largest absolute Gasteiger partial charge is 0.383 e. The minimum atomic E-state index is 0.560. The zero-order chi connectivity index (χ0) is 25.1. The SMILES string of the molecule is Cc1cc2c(N)nccc2c(C)c1CNc1cc(NCc2ccc(Cc3ncnn3C)cc2)ncn1. The Hall–Kier alpha value is -4.53. The molecule has 182 valence electrons. The van der Waals surface area contributed by atoms with Gasteiger partial charge in [0, 0.05) is 44.2 Å². The molecule has 0 unspecified atom stereocenters. The highest BCUT2D eigenvalue weighted by Gasteiger charge is 2.11. The highest BCUT2D eigenvalue weighted by molar-refractivity contribution is 5.94. The molecule has 36 heavy (non-hydrogen) atoms. The third-order valence-electron chi connectivity index (χ3n) is 6.49. The van der Waals surface area contributed by atoms with Crippen molar-refractivity contribution in [2.24, 2.45) is 7.05 Å². The summed E-state index contributed by atoms with van der Waals surface area (Å²) < 4.78 is 1.80. The molecule has 3 heterocycles. The number of nitrogens with zero attached hydrogens (tertiary/aromatic N) is 6. The van der Waals surface area contributed by atoms with Crippen molar-refractivity contribution in [1.29, 1.82) is 0 Å². The fourth-order valence-electron chi connectivity index (χ4n) is 4.36. The van der Waals surface area contributed by atoms with Gasteiger partial charge in [0.05, 0.1) is 0 Å². The number of rotatable bonds is 8. The number of fused-ring (bicyclic) bond motifs is 1. The average molecular weight is 480 g/mol. The fraction of sp³-hybridized carbons (Fsp3) is 0.222. The molecule has 0 spiro atoms. The Morgan fingerprint density at radius 1 is 0.806 bits per heavy atom. The van der Waals surface area contributed by atoms with Crippen molar-refractivity contribution in [3.05, 3.63) is 95.0 Å². The Morgan fingerprint density at radius 3 is 2.25 bits per heavy atom. The van der Waals surface area contributed by atoms with Gasteiger partial charge < -0.3 is 16.4 Å². The fourth-order valence-corrected chi connectivity index (χ4v) is 4.36. The van der Waals surface area contributed by atoms with Gasteiger partial charge >= 0.3 is 0 Å². The summed E-state index contributed by atoms with van der Waals surface area (Å²) >= 11 is 0. The number of benzene rings is 2. The van der Waals surface area contributed by atoms with Crippen molar-refractivity contribution in [3.63, 3.8) is 0 Å². The maximum Gasteiger partial charge on any atom is 0.138 e. The molecule has 0 bridgehead atoms. The van der Waals surface area contributed by atoms with Gasteiger partial charge in [-0.05, 0) is 59.2 Å². The molecule has 5 aromatic rings. The van der Waals surface area contributed by atoms with E-state index in [-0.39, 0.29) is 0 Å². The summed E-state index contributed by atoms with van der Waals surface area (Å²) in [5.41, 5.74) is 12.0. The summed E-state index contributed by atoms with van der Waals surface area (Å²) in [5.74, 6) is 3.03.